The van der Waals surface area contributed by atoms with Crippen molar-refractivity contribution < 1.29 is 4.74 Å². The van der Waals surface area contributed by atoms with E-state index in [-0.39, 0.29) is 5.56 Å². The number of imidazole rings is 1. The molecular weight excluding hydrogens is 330 g/mol. The van der Waals surface area contributed by atoms with E-state index in [0.717, 1.165) is 35.3 Å². The van der Waals surface area contributed by atoms with Gasteiger partial charge in [0.1, 0.15) is 5.82 Å². The van der Waals surface area contributed by atoms with Crippen LogP contribution in [0.25, 0.3) is 28.0 Å². The summed E-state index contributed by atoms with van der Waals surface area (Å²) < 4.78 is 6.98. The van der Waals surface area contributed by atoms with E-state index in [2.05, 4.69) is 19.9 Å². The van der Waals surface area contributed by atoms with E-state index >= 15 is 0 Å². The molecule has 0 bridgehead atoms. The number of aromatic amines is 1. The summed E-state index contributed by atoms with van der Waals surface area (Å²) >= 11 is 0. The third kappa shape index (κ3) is 2.44. The summed E-state index contributed by atoms with van der Waals surface area (Å²) in [5.41, 5.74) is 2.09. The Morgan fingerprint density at radius 1 is 0.962 bits per heavy atom. The van der Waals surface area contributed by atoms with Crippen molar-refractivity contribution in [2.45, 2.75) is 0 Å². The van der Waals surface area contributed by atoms with Gasteiger partial charge in [-0.3, -0.25) is 4.79 Å². The highest BCUT2D eigenvalue weighted by Gasteiger charge is 2.15. The Morgan fingerprint density at radius 2 is 1.81 bits per heavy atom. The number of nitrogens with one attached hydrogen (secondary N) is 1. The van der Waals surface area contributed by atoms with Crippen LogP contribution in [0.1, 0.15) is 0 Å². The molecule has 0 atom stereocenters. The topological polar surface area (TPSA) is 76.0 Å². The van der Waals surface area contributed by atoms with Gasteiger partial charge in [-0.1, -0.05) is 18.2 Å². The van der Waals surface area contributed by atoms with Crippen LogP contribution in [0, 0.1) is 0 Å². The van der Waals surface area contributed by atoms with E-state index in [4.69, 9.17) is 4.74 Å². The van der Waals surface area contributed by atoms with Crippen molar-refractivity contribution in [2.75, 3.05) is 31.2 Å². The monoisotopic (exact) mass is 347 g/mol. The molecule has 1 aliphatic rings. The number of nitrogens with zero attached hydrogens (tertiary/aromatic N) is 4. The van der Waals surface area contributed by atoms with Crippen LogP contribution in [-0.2, 0) is 4.74 Å². The summed E-state index contributed by atoms with van der Waals surface area (Å²) in [7, 11) is 0. The van der Waals surface area contributed by atoms with Crippen LogP contribution in [0.5, 0.6) is 0 Å². The SMILES string of the molecule is O=c1ccc2ccccc2n1-c1nc2nc(N3CCOCC3)ccc2[nH]1. The first kappa shape index (κ1) is 15.1. The summed E-state index contributed by atoms with van der Waals surface area (Å²) in [5, 5.41) is 0.981. The Labute approximate surface area is 148 Å². The zero-order valence-electron chi connectivity index (χ0n) is 14.1. The first-order chi connectivity index (χ1) is 12.8. The van der Waals surface area contributed by atoms with Gasteiger partial charge in [-0.25, -0.2) is 9.55 Å². The predicted octanol–water partition coefficient (Wildman–Crippen LogP) is 2.10. The van der Waals surface area contributed by atoms with Crippen LogP contribution in [0.15, 0.2) is 53.3 Å². The average molecular weight is 347 g/mol. The number of hydrogen-bond donors (Lipinski definition) is 1. The molecule has 4 aromatic rings. The third-order valence-electron chi connectivity index (χ3n) is 4.67. The molecule has 26 heavy (non-hydrogen) atoms. The van der Waals surface area contributed by atoms with Gasteiger partial charge < -0.3 is 14.6 Å². The molecule has 1 aliphatic heterocycles. The Morgan fingerprint density at radius 3 is 2.69 bits per heavy atom. The van der Waals surface area contributed by atoms with Crippen LogP contribution in [0.3, 0.4) is 0 Å². The Bertz CT molecular complexity index is 1160. The Hall–Kier alpha value is -3.19. The Kier molecular flexibility index (Phi) is 3.46. The highest BCUT2D eigenvalue weighted by atomic mass is 16.5. The van der Waals surface area contributed by atoms with Gasteiger partial charge in [-0.15, -0.1) is 0 Å². The number of aromatic nitrogens is 4. The lowest BCUT2D eigenvalue weighted by Crippen LogP contribution is -2.36. The molecule has 3 aromatic heterocycles. The predicted molar refractivity (Wildman–Crippen MR) is 100 cm³/mol. The maximum atomic E-state index is 12.5. The average Bonchev–Trinajstić information content (AvgIpc) is 3.11. The fraction of sp³-hybridized carbons (Fsp3) is 0.211. The summed E-state index contributed by atoms with van der Waals surface area (Å²) in [6.45, 7) is 3.05. The second kappa shape index (κ2) is 5.96. The van der Waals surface area contributed by atoms with Gasteiger partial charge in [-0.2, -0.15) is 4.98 Å². The molecule has 0 radical (unpaired) electrons. The minimum absolute atomic E-state index is 0.129. The largest absolute Gasteiger partial charge is 0.378 e. The van der Waals surface area contributed by atoms with Crippen molar-refractivity contribution in [2.24, 2.45) is 0 Å². The van der Waals surface area contributed by atoms with Crippen molar-refractivity contribution in [3.05, 3.63) is 58.9 Å². The number of para-hydroxylation sites is 1. The molecule has 0 spiro atoms. The van der Waals surface area contributed by atoms with Gasteiger partial charge >= 0.3 is 0 Å². The zero-order valence-corrected chi connectivity index (χ0v) is 14.1. The molecule has 1 aromatic carbocycles. The van der Waals surface area contributed by atoms with Crippen molar-refractivity contribution in [1.82, 2.24) is 19.5 Å². The van der Waals surface area contributed by atoms with E-state index in [9.17, 15) is 4.79 Å². The first-order valence-corrected chi connectivity index (χ1v) is 8.60. The number of rotatable bonds is 2. The van der Waals surface area contributed by atoms with Gasteiger partial charge in [0.05, 0.1) is 24.2 Å². The highest BCUT2D eigenvalue weighted by molar-refractivity contribution is 5.81. The molecule has 7 nitrogen and oxygen atoms in total. The maximum absolute atomic E-state index is 12.5. The lowest BCUT2D eigenvalue weighted by Gasteiger charge is -2.27. The number of hydrogen-bond acceptors (Lipinski definition) is 5. The summed E-state index contributed by atoms with van der Waals surface area (Å²) in [6.07, 6.45) is 0. The minimum Gasteiger partial charge on any atom is -0.378 e. The van der Waals surface area contributed by atoms with Crippen molar-refractivity contribution in [3.63, 3.8) is 0 Å². The zero-order chi connectivity index (χ0) is 17.5. The molecular formula is C19H17N5O2. The van der Waals surface area contributed by atoms with E-state index in [1.165, 1.54) is 0 Å². The minimum atomic E-state index is -0.129. The van der Waals surface area contributed by atoms with Crippen LogP contribution < -0.4 is 10.5 Å². The van der Waals surface area contributed by atoms with Crippen molar-refractivity contribution >= 4 is 27.9 Å². The lowest BCUT2D eigenvalue weighted by molar-refractivity contribution is 0.122. The molecule has 0 saturated carbocycles. The third-order valence-corrected chi connectivity index (χ3v) is 4.67. The number of ether oxygens (including phenoxy) is 1. The second-order valence-corrected chi connectivity index (χ2v) is 6.27. The maximum Gasteiger partial charge on any atom is 0.257 e. The fourth-order valence-corrected chi connectivity index (χ4v) is 3.35. The standard InChI is InChI=1S/C19H17N5O2/c25-17-8-5-13-3-1-2-4-15(13)24(17)19-20-14-6-7-16(21-18(14)22-19)23-9-11-26-12-10-23/h1-8H,9-12H2,(H,20,21,22). The van der Waals surface area contributed by atoms with E-state index in [1.54, 1.807) is 10.6 Å². The van der Waals surface area contributed by atoms with E-state index in [1.807, 2.05) is 42.5 Å². The van der Waals surface area contributed by atoms with Crippen LogP contribution in [0.4, 0.5) is 5.82 Å². The smallest absolute Gasteiger partial charge is 0.257 e. The van der Waals surface area contributed by atoms with Gasteiger partial charge in [0, 0.05) is 19.2 Å². The quantitative estimate of drug-likeness (QED) is 0.601. The summed E-state index contributed by atoms with van der Waals surface area (Å²) in [4.78, 5) is 27.1. The molecule has 1 saturated heterocycles. The number of morpholine rings is 1. The number of H-pyrrole nitrogens is 1. The van der Waals surface area contributed by atoms with Crippen LogP contribution in [-0.4, -0.2) is 45.8 Å². The molecule has 0 amide bonds. The molecule has 1 N–H and O–H groups in total. The molecule has 130 valence electrons. The van der Waals surface area contributed by atoms with Crippen molar-refractivity contribution in [1.29, 1.82) is 0 Å². The Balaban J connectivity index is 1.64. The summed E-state index contributed by atoms with van der Waals surface area (Å²) in [6, 6.07) is 15.1. The first-order valence-electron chi connectivity index (χ1n) is 8.60. The highest BCUT2D eigenvalue weighted by Crippen LogP contribution is 2.20. The van der Waals surface area contributed by atoms with E-state index in [0.29, 0.717) is 24.8 Å². The second-order valence-electron chi connectivity index (χ2n) is 6.27. The number of anilines is 1. The molecule has 5 rings (SSSR count). The van der Waals surface area contributed by atoms with Crippen LogP contribution in [0.2, 0.25) is 0 Å². The van der Waals surface area contributed by atoms with Gasteiger partial charge in [-0.05, 0) is 29.7 Å². The van der Waals surface area contributed by atoms with Gasteiger partial charge in [0.15, 0.2) is 5.65 Å². The lowest BCUT2D eigenvalue weighted by atomic mass is 10.2. The molecule has 1 fully saturated rings. The number of fused-ring (bicyclic) bond motifs is 2. The number of pyridine rings is 2. The molecule has 7 heteroatoms. The normalized spacial score (nSPS) is 15.0. The van der Waals surface area contributed by atoms with E-state index < -0.39 is 0 Å². The molecule has 4 heterocycles. The van der Waals surface area contributed by atoms with Crippen LogP contribution >= 0.6 is 0 Å². The van der Waals surface area contributed by atoms with Gasteiger partial charge in [0.25, 0.3) is 5.56 Å². The van der Waals surface area contributed by atoms with Gasteiger partial charge in [0.2, 0.25) is 5.95 Å². The van der Waals surface area contributed by atoms with Crippen molar-refractivity contribution in [3.8, 4) is 5.95 Å². The molecule has 0 unspecified atom stereocenters. The fourth-order valence-electron chi connectivity index (χ4n) is 3.35. The molecule has 0 aliphatic carbocycles. The summed E-state index contributed by atoms with van der Waals surface area (Å²) in [5.74, 6) is 1.36. The number of benzene rings is 1.